The van der Waals surface area contributed by atoms with Crippen LogP contribution < -0.4 is 5.32 Å². The van der Waals surface area contributed by atoms with Crippen LogP contribution >= 0.6 is 0 Å². The van der Waals surface area contributed by atoms with Crippen molar-refractivity contribution in [3.8, 4) is 0 Å². The van der Waals surface area contributed by atoms with Gasteiger partial charge in [-0.15, -0.1) is 0 Å². The average molecular weight is 287 g/mol. The van der Waals surface area contributed by atoms with E-state index in [4.69, 9.17) is 4.74 Å². The molecule has 3 unspecified atom stereocenters. The fourth-order valence-electron chi connectivity index (χ4n) is 4.56. The second-order valence-corrected chi connectivity index (χ2v) is 7.43. The summed E-state index contributed by atoms with van der Waals surface area (Å²) in [5.74, 6) is 0.791. The zero-order chi connectivity index (χ0) is 15.0. The van der Waals surface area contributed by atoms with Gasteiger partial charge in [-0.3, -0.25) is 0 Å². The summed E-state index contributed by atoms with van der Waals surface area (Å²) in [4.78, 5) is 0. The normalized spacial score (nSPS) is 33.3. The molecule has 3 rings (SSSR count). The molecular formula is C19H29NO. The van der Waals surface area contributed by atoms with Crippen molar-refractivity contribution in [3.63, 3.8) is 0 Å². The van der Waals surface area contributed by atoms with Gasteiger partial charge in [-0.25, -0.2) is 0 Å². The molecule has 21 heavy (non-hydrogen) atoms. The third-order valence-corrected chi connectivity index (χ3v) is 5.28. The van der Waals surface area contributed by atoms with Crippen LogP contribution in [-0.2, 0) is 4.74 Å². The Morgan fingerprint density at radius 3 is 2.57 bits per heavy atom. The lowest BCUT2D eigenvalue weighted by Crippen LogP contribution is -2.53. The molecule has 1 aromatic rings. The first-order chi connectivity index (χ1) is 9.99. The van der Waals surface area contributed by atoms with Crippen LogP contribution in [0.1, 0.15) is 61.0 Å². The number of rotatable bonds is 1. The van der Waals surface area contributed by atoms with Gasteiger partial charge in [-0.1, -0.05) is 37.5 Å². The molecule has 1 saturated carbocycles. The number of morpholine rings is 1. The number of nitrogens with one attached hydrogen (secondary N) is 1. The topological polar surface area (TPSA) is 21.3 Å². The molecule has 0 bridgehead atoms. The van der Waals surface area contributed by atoms with Gasteiger partial charge in [0.25, 0.3) is 0 Å². The van der Waals surface area contributed by atoms with Crippen molar-refractivity contribution in [2.24, 2.45) is 5.92 Å². The molecule has 1 N–H and O–H groups in total. The summed E-state index contributed by atoms with van der Waals surface area (Å²) < 4.78 is 6.71. The minimum Gasteiger partial charge on any atom is -0.364 e. The third-order valence-electron chi connectivity index (χ3n) is 5.28. The first kappa shape index (κ1) is 15.1. The smallest absolute Gasteiger partial charge is 0.0962 e. The molecule has 1 aliphatic carbocycles. The van der Waals surface area contributed by atoms with Crippen molar-refractivity contribution in [1.82, 2.24) is 5.32 Å². The minimum absolute atomic E-state index is 0.0738. The van der Waals surface area contributed by atoms with Crippen molar-refractivity contribution in [3.05, 3.63) is 34.4 Å². The predicted molar refractivity (Wildman–Crippen MR) is 87.7 cm³/mol. The molecule has 3 atom stereocenters. The average Bonchev–Trinajstić information content (AvgIpc) is 2.37. The molecule has 2 fully saturated rings. The Bertz CT molecular complexity index is 497. The summed E-state index contributed by atoms with van der Waals surface area (Å²) in [5.41, 5.74) is 5.58. The minimum atomic E-state index is 0.0738. The quantitative estimate of drug-likeness (QED) is 0.835. The molecule has 0 aromatic heterocycles. The van der Waals surface area contributed by atoms with Gasteiger partial charge in [0.2, 0.25) is 0 Å². The molecule has 1 spiro atoms. The Labute approximate surface area is 129 Å². The number of hydrogen-bond donors (Lipinski definition) is 1. The van der Waals surface area contributed by atoms with Crippen molar-refractivity contribution < 1.29 is 4.74 Å². The summed E-state index contributed by atoms with van der Waals surface area (Å²) in [6.45, 7) is 11.0. The van der Waals surface area contributed by atoms with Crippen LogP contribution in [0.25, 0.3) is 0 Å². The van der Waals surface area contributed by atoms with Crippen LogP contribution in [0, 0.1) is 26.7 Å². The molecule has 116 valence electrons. The standard InChI is InChI=1S/C19H29NO/c1-13-6-5-7-19(10-13)12-20-11-17(21-19)18-15(3)8-14(2)9-16(18)4/h8-9,13,17,20H,5-7,10-12H2,1-4H3. The van der Waals surface area contributed by atoms with Crippen LogP contribution in [0.5, 0.6) is 0 Å². The van der Waals surface area contributed by atoms with Crippen molar-refractivity contribution >= 4 is 0 Å². The van der Waals surface area contributed by atoms with Gasteiger partial charge >= 0.3 is 0 Å². The Kier molecular flexibility index (Phi) is 4.11. The van der Waals surface area contributed by atoms with E-state index in [2.05, 4.69) is 45.1 Å². The lowest BCUT2D eigenvalue weighted by molar-refractivity contribution is -0.143. The lowest BCUT2D eigenvalue weighted by atomic mass is 9.77. The molecule has 0 amide bonds. The molecule has 2 nitrogen and oxygen atoms in total. The molecule has 1 saturated heterocycles. The van der Waals surface area contributed by atoms with Crippen molar-refractivity contribution in [2.75, 3.05) is 13.1 Å². The highest BCUT2D eigenvalue weighted by Crippen LogP contribution is 2.41. The van der Waals surface area contributed by atoms with Crippen LogP contribution in [-0.4, -0.2) is 18.7 Å². The van der Waals surface area contributed by atoms with Gasteiger partial charge in [-0.05, 0) is 56.2 Å². The zero-order valence-electron chi connectivity index (χ0n) is 14.0. The number of hydrogen-bond acceptors (Lipinski definition) is 2. The third kappa shape index (κ3) is 3.02. The lowest BCUT2D eigenvalue weighted by Gasteiger charge is -2.46. The van der Waals surface area contributed by atoms with Crippen molar-refractivity contribution in [2.45, 2.75) is 65.1 Å². The highest BCUT2D eigenvalue weighted by Gasteiger charge is 2.41. The van der Waals surface area contributed by atoms with Gasteiger partial charge in [0.1, 0.15) is 0 Å². The maximum Gasteiger partial charge on any atom is 0.0962 e. The SMILES string of the molecule is Cc1cc(C)c(C2CNCC3(CCCC(C)C3)O2)c(C)c1. The fourth-order valence-corrected chi connectivity index (χ4v) is 4.56. The molecule has 1 heterocycles. The molecule has 1 aliphatic heterocycles. The summed E-state index contributed by atoms with van der Waals surface area (Å²) in [6.07, 6.45) is 5.30. The van der Waals surface area contributed by atoms with Gasteiger partial charge in [0, 0.05) is 13.1 Å². The Morgan fingerprint density at radius 1 is 1.19 bits per heavy atom. The summed E-state index contributed by atoms with van der Waals surface area (Å²) in [6, 6.07) is 4.58. The van der Waals surface area contributed by atoms with Gasteiger partial charge < -0.3 is 10.1 Å². The highest BCUT2D eigenvalue weighted by molar-refractivity contribution is 5.39. The van der Waals surface area contributed by atoms with Crippen molar-refractivity contribution in [1.29, 1.82) is 0 Å². The Hall–Kier alpha value is -0.860. The van der Waals surface area contributed by atoms with Gasteiger partial charge in [0.15, 0.2) is 0 Å². The van der Waals surface area contributed by atoms with E-state index >= 15 is 0 Å². The van der Waals surface area contributed by atoms with E-state index in [9.17, 15) is 0 Å². The van der Waals surface area contributed by atoms with Crippen LogP contribution in [0.15, 0.2) is 12.1 Å². The van der Waals surface area contributed by atoms with E-state index < -0.39 is 0 Å². The van der Waals surface area contributed by atoms with E-state index in [1.807, 2.05) is 0 Å². The first-order valence-corrected chi connectivity index (χ1v) is 8.45. The molecule has 2 heteroatoms. The number of aryl methyl sites for hydroxylation is 3. The maximum absolute atomic E-state index is 6.71. The second-order valence-electron chi connectivity index (χ2n) is 7.43. The first-order valence-electron chi connectivity index (χ1n) is 8.45. The fraction of sp³-hybridized carbons (Fsp3) is 0.684. The van der Waals surface area contributed by atoms with Crippen LogP contribution in [0.3, 0.4) is 0 Å². The number of ether oxygens (including phenoxy) is 1. The maximum atomic E-state index is 6.71. The van der Waals surface area contributed by atoms with E-state index in [0.29, 0.717) is 0 Å². The summed E-state index contributed by atoms with van der Waals surface area (Å²) in [5, 5.41) is 3.66. The summed E-state index contributed by atoms with van der Waals surface area (Å²) in [7, 11) is 0. The molecular weight excluding hydrogens is 258 g/mol. The van der Waals surface area contributed by atoms with E-state index in [-0.39, 0.29) is 11.7 Å². The van der Waals surface area contributed by atoms with Crippen LogP contribution in [0.2, 0.25) is 0 Å². The van der Waals surface area contributed by atoms with E-state index in [0.717, 1.165) is 19.0 Å². The number of benzene rings is 1. The highest BCUT2D eigenvalue weighted by atomic mass is 16.5. The summed E-state index contributed by atoms with van der Waals surface area (Å²) >= 11 is 0. The van der Waals surface area contributed by atoms with Gasteiger partial charge in [-0.2, -0.15) is 0 Å². The zero-order valence-corrected chi connectivity index (χ0v) is 14.0. The monoisotopic (exact) mass is 287 g/mol. The molecule has 2 aliphatic rings. The van der Waals surface area contributed by atoms with Gasteiger partial charge in [0.05, 0.1) is 11.7 Å². The van der Waals surface area contributed by atoms with E-state index in [1.54, 1.807) is 0 Å². The Morgan fingerprint density at radius 2 is 1.90 bits per heavy atom. The molecule has 0 radical (unpaired) electrons. The Balaban J connectivity index is 1.86. The van der Waals surface area contributed by atoms with E-state index in [1.165, 1.54) is 47.9 Å². The molecule has 1 aromatic carbocycles. The largest absolute Gasteiger partial charge is 0.364 e. The van der Waals surface area contributed by atoms with Crippen LogP contribution in [0.4, 0.5) is 0 Å². The second kappa shape index (κ2) is 5.73. The predicted octanol–water partition coefficient (Wildman–Crippen LogP) is 4.22.